The fourth-order valence-corrected chi connectivity index (χ4v) is 1.45. The van der Waals surface area contributed by atoms with Gasteiger partial charge in [-0.05, 0) is 18.2 Å². The van der Waals surface area contributed by atoms with Crippen LogP contribution in [0.2, 0.25) is 0 Å². The molecule has 0 bridgehead atoms. The number of aromatic nitrogens is 2. The fourth-order valence-electron chi connectivity index (χ4n) is 1.45. The van der Waals surface area contributed by atoms with Crippen LogP contribution in [0, 0.1) is 0 Å². The van der Waals surface area contributed by atoms with E-state index < -0.39 is 6.10 Å². The van der Waals surface area contributed by atoms with Crippen molar-refractivity contribution in [1.29, 1.82) is 0 Å². The van der Waals surface area contributed by atoms with Gasteiger partial charge in [-0.25, -0.2) is 4.98 Å². The lowest BCUT2D eigenvalue weighted by Crippen LogP contribution is -2.33. The van der Waals surface area contributed by atoms with Crippen LogP contribution < -0.4 is 5.32 Å². The van der Waals surface area contributed by atoms with Gasteiger partial charge in [-0.1, -0.05) is 0 Å². The maximum Gasteiger partial charge on any atom is 0.251 e. The van der Waals surface area contributed by atoms with Crippen molar-refractivity contribution in [3.63, 3.8) is 0 Å². The third-order valence-electron chi connectivity index (χ3n) is 2.39. The summed E-state index contributed by atoms with van der Waals surface area (Å²) in [6.45, 7) is -0.351. The number of rotatable bonds is 4. The minimum absolute atomic E-state index is 0.0242. The minimum atomic E-state index is -0.935. The molecule has 17 heavy (non-hydrogen) atoms. The fraction of sp³-hybridized carbons (Fsp3) is 0.273. The van der Waals surface area contributed by atoms with E-state index in [4.69, 9.17) is 10.2 Å². The summed E-state index contributed by atoms with van der Waals surface area (Å²) in [4.78, 5) is 18.6. The zero-order valence-electron chi connectivity index (χ0n) is 9.05. The quantitative estimate of drug-likeness (QED) is 0.582. The third kappa shape index (κ3) is 2.61. The molecule has 0 saturated heterocycles. The second kappa shape index (κ2) is 4.94. The number of aliphatic hydroxyl groups excluding tert-OH is 2. The Morgan fingerprint density at radius 3 is 3.12 bits per heavy atom. The Hall–Kier alpha value is -1.92. The highest BCUT2D eigenvalue weighted by molar-refractivity contribution is 5.97. The molecule has 1 aromatic heterocycles. The maximum atomic E-state index is 11.7. The lowest BCUT2D eigenvalue weighted by atomic mass is 10.2. The van der Waals surface area contributed by atoms with Gasteiger partial charge in [0.05, 0.1) is 30.1 Å². The number of aliphatic hydroxyl groups is 2. The summed E-state index contributed by atoms with van der Waals surface area (Å²) in [7, 11) is 0. The lowest BCUT2D eigenvalue weighted by molar-refractivity contribution is 0.0802. The van der Waals surface area contributed by atoms with E-state index >= 15 is 0 Å². The van der Waals surface area contributed by atoms with Crippen LogP contribution in [0.4, 0.5) is 0 Å². The van der Waals surface area contributed by atoms with Gasteiger partial charge < -0.3 is 20.5 Å². The number of carbonyl (C=O) groups excluding carboxylic acids is 1. The number of hydrogen-bond donors (Lipinski definition) is 4. The highest BCUT2D eigenvalue weighted by Gasteiger charge is 2.09. The van der Waals surface area contributed by atoms with Crippen molar-refractivity contribution >= 4 is 16.9 Å². The number of nitrogens with one attached hydrogen (secondary N) is 2. The first-order valence-corrected chi connectivity index (χ1v) is 5.21. The molecule has 1 amide bonds. The summed E-state index contributed by atoms with van der Waals surface area (Å²) in [6.07, 6.45) is 0.622. The molecule has 0 radical (unpaired) electrons. The molecule has 0 aliphatic carbocycles. The molecular weight excluding hydrogens is 222 g/mol. The summed E-state index contributed by atoms with van der Waals surface area (Å²) >= 11 is 0. The molecule has 2 rings (SSSR count). The van der Waals surface area contributed by atoms with E-state index in [9.17, 15) is 4.79 Å². The first kappa shape index (κ1) is 11.6. The number of fused-ring (bicyclic) bond motifs is 1. The van der Waals surface area contributed by atoms with Crippen molar-refractivity contribution < 1.29 is 15.0 Å². The van der Waals surface area contributed by atoms with Crippen molar-refractivity contribution in [1.82, 2.24) is 15.3 Å². The van der Waals surface area contributed by atoms with Crippen LogP contribution in [-0.2, 0) is 0 Å². The van der Waals surface area contributed by atoms with E-state index in [1.54, 1.807) is 24.5 Å². The summed E-state index contributed by atoms with van der Waals surface area (Å²) in [5.41, 5.74) is 2.05. The summed E-state index contributed by atoms with van der Waals surface area (Å²) < 4.78 is 0. The number of nitrogens with zero attached hydrogens (tertiary/aromatic N) is 1. The Morgan fingerprint density at radius 1 is 1.53 bits per heavy atom. The normalized spacial score (nSPS) is 12.6. The van der Waals surface area contributed by atoms with Gasteiger partial charge in [-0.3, -0.25) is 4.79 Å². The van der Waals surface area contributed by atoms with Crippen LogP contribution in [0.1, 0.15) is 10.4 Å². The largest absolute Gasteiger partial charge is 0.394 e. The monoisotopic (exact) mass is 235 g/mol. The van der Waals surface area contributed by atoms with Gasteiger partial charge >= 0.3 is 0 Å². The van der Waals surface area contributed by atoms with E-state index in [-0.39, 0.29) is 19.1 Å². The molecule has 1 aromatic carbocycles. The number of H-pyrrole nitrogens is 1. The zero-order chi connectivity index (χ0) is 12.3. The van der Waals surface area contributed by atoms with E-state index in [0.29, 0.717) is 5.56 Å². The van der Waals surface area contributed by atoms with E-state index in [2.05, 4.69) is 15.3 Å². The van der Waals surface area contributed by atoms with Crippen molar-refractivity contribution in [2.45, 2.75) is 6.10 Å². The van der Waals surface area contributed by atoms with Gasteiger partial charge in [0.1, 0.15) is 0 Å². The molecule has 90 valence electrons. The van der Waals surface area contributed by atoms with Crippen LogP contribution in [0.25, 0.3) is 11.0 Å². The Kier molecular flexibility index (Phi) is 3.36. The molecule has 6 nitrogen and oxygen atoms in total. The molecule has 6 heteroatoms. The molecule has 1 atom stereocenters. The molecule has 0 saturated carbocycles. The van der Waals surface area contributed by atoms with Crippen molar-refractivity contribution in [3.8, 4) is 0 Å². The molecule has 0 aliphatic rings. The number of amides is 1. The molecule has 4 N–H and O–H groups in total. The number of imidazole rings is 1. The van der Waals surface area contributed by atoms with Crippen LogP contribution >= 0.6 is 0 Å². The molecule has 0 spiro atoms. The Labute approximate surface area is 97.3 Å². The van der Waals surface area contributed by atoms with Gasteiger partial charge in [0.15, 0.2) is 0 Å². The highest BCUT2D eigenvalue weighted by Crippen LogP contribution is 2.11. The average molecular weight is 235 g/mol. The van der Waals surface area contributed by atoms with Crippen LogP contribution in [0.3, 0.4) is 0 Å². The topological polar surface area (TPSA) is 98.2 Å². The molecule has 1 unspecified atom stereocenters. The number of aromatic amines is 1. The van der Waals surface area contributed by atoms with E-state index in [0.717, 1.165) is 11.0 Å². The van der Waals surface area contributed by atoms with Crippen LogP contribution in [-0.4, -0.2) is 45.3 Å². The van der Waals surface area contributed by atoms with Crippen LogP contribution in [0.5, 0.6) is 0 Å². The highest BCUT2D eigenvalue weighted by atomic mass is 16.3. The molecular formula is C11H13N3O3. The minimum Gasteiger partial charge on any atom is -0.394 e. The molecule has 2 aromatic rings. The second-order valence-corrected chi connectivity index (χ2v) is 3.68. The molecule has 1 heterocycles. The molecule has 0 aliphatic heterocycles. The SMILES string of the molecule is O=C(NCC(O)CO)c1ccc2nc[nH]c2c1. The van der Waals surface area contributed by atoms with Gasteiger partial charge in [0.2, 0.25) is 0 Å². The Morgan fingerprint density at radius 2 is 2.35 bits per heavy atom. The van der Waals surface area contributed by atoms with Crippen molar-refractivity contribution in [2.75, 3.05) is 13.2 Å². The Bertz CT molecular complexity index is 523. The predicted molar refractivity (Wildman–Crippen MR) is 61.5 cm³/mol. The number of benzene rings is 1. The van der Waals surface area contributed by atoms with Crippen molar-refractivity contribution in [3.05, 3.63) is 30.1 Å². The Balaban J connectivity index is 2.08. The summed E-state index contributed by atoms with van der Waals surface area (Å²) in [5.74, 6) is -0.297. The van der Waals surface area contributed by atoms with Crippen molar-refractivity contribution in [2.24, 2.45) is 0 Å². The lowest BCUT2D eigenvalue weighted by Gasteiger charge is -2.08. The van der Waals surface area contributed by atoms with Gasteiger partial charge in [-0.2, -0.15) is 0 Å². The summed E-state index contributed by atoms with van der Waals surface area (Å²) in [6, 6.07) is 5.08. The van der Waals surface area contributed by atoms with E-state index in [1.807, 2.05) is 0 Å². The average Bonchev–Trinajstić information content (AvgIpc) is 2.82. The smallest absolute Gasteiger partial charge is 0.251 e. The standard InChI is InChI=1S/C11H13N3O3/c15-5-8(16)4-12-11(17)7-1-2-9-10(3-7)14-6-13-9/h1-3,6,8,15-16H,4-5H2,(H,12,17)(H,13,14). The first-order valence-electron chi connectivity index (χ1n) is 5.21. The second-order valence-electron chi connectivity index (χ2n) is 3.68. The number of carbonyl (C=O) groups is 1. The molecule has 0 fully saturated rings. The van der Waals surface area contributed by atoms with Gasteiger partial charge in [0.25, 0.3) is 5.91 Å². The maximum absolute atomic E-state index is 11.7. The summed E-state index contributed by atoms with van der Waals surface area (Å²) in [5, 5.41) is 20.3. The first-order chi connectivity index (χ1) is 8.20. The predicted octanol–water partition coefficient (Wildman–Crippen LogP) is -0.354. The van der Waals surface area contributed by atoms with Gasteiger partial charge in [-0.15, -0.1) is 0 Å². The van der Waals surface area contributed by atoms with Gasteiger partial charge in [0, 0.05) is 12.1 Å². The zero-order valence-corrected chi connectivity index (χ0v) is 9.05. The third-order valence-corrected chi connectivity index (χ3v) is 2.39. The van der Waals surface area contributed by atoms with E-state index in [1.165, 1.54) is 0 Å². The van der Waals surface area contributed by atoms with Crippen LogP contribution in [0.15, 0.2) is 24.5 Å². The number of hydrogen-bond acceptors (Lipinski definition) is 4.